The summed E-state index contributed by atoms with van der Waals surface area (Å²) in [5.41, 5.74) is 0.712. The highest BCUT2D eigenvalue weighted by molar-refractivity contribution is 9.10. The fourth-order valence-corrected chi connectivity index (χ4v) is 2.39. The molecule has 0 aliphatic carbocycles. The molecule has 1 aliphatic heterocycles. The van der Waals surface area contributed by atoms with Crippen LogP contribution in [0.5, 0.6) is 0 Å². The van der Waals surface area contributed by atoms with Gasteiger partial charge in [-0.2, -0.15) is 0 Å². The number of furan rings is 1. The molecule has 0 saturated carbocycles. The van der Waals surface area contributed by atoms with Crippen LogP contribution in [0.2, 0.25) is 10.0 Å². The van der Waals surface area contributed by atoms with E-state index in [2.05, 4.69) is 20.9 Å². The molecule has 0 atom stereocenters. The summed E-state index contributed by atoms with van der Waals surface area (Å²) in [7, 11) is 0. The smallest absolute Gasteiger partial charge is 0.363 e. The molecule has 0 spiro atoms. The van der Waals surface area contributed by atoms with Gasteiger partial charge < -0.3 is 9.15 Å². The summed E-state index contributed by atoms with van der Waals surface area (Å²) in [5.74, 6) is -0.112. The maximum atomic E-state index is 11.8. The third-order valence-electron chi connectivity index (χ3n) is 2.68. The van der Waals surface area contributed by atoms with Crippen LogP contribution in [0.25, 0.3) is 6.08 Å². The van der Waals surface area contributed by atoms with E-state index in [1.54, 1.807) is 30.3 Å². The molecule has 0 N–H and O–H groups in total. The van der Waals surface area contributed by atoms with Crippen molar-refractivity contribution < 1.29 is 13.9 Å². The topological polar surface area (TPSA) is 51.8 Å². The fourth-order valence-electron chi connectivity index (χ4n) is 1.72. The maximum Gasteiger partial charge on any atom is 0.363 e. The number of carbonyl (C=O) groups excluding carboxylic acids is 1. The molecule has 0 bridgehead atoms. The molecule has 0 saturated heterocycles. The fraction of sp³-hybridized carbons (Fsp3) is 0. The molecule has 2 heterocycles. The highest BCUT2D eigenvalue weighted by atomic mass is 79.9. The number of rotatable bonds is 2. The summed E-state index contributed by atoms with van der Waals surface area (Å²) in [6.07, 6.45) is 1.52. The zero-order valence-corrected chi connectivity index (χ0v) is 13.4. The number of benzene rings is 1. The van der Waals surface area contributed by atoms with Gasteiger partial charge in [0.2, 0.25) is 0 Å². The van der Waals surface area contributed by atoms with Gasteiger partial charge in [0.05, 0.1) is 10.0 Å². The standard InChI is InChI=1S/C14H6BrCl2NO3/c15-11-5-4-10(20-11)13-18-9(14(19)21-13)6-7-2-1-3-8(16)12(7)17/h1-6H/b9-6+. The van der Waals surface area contributed by atoms with Crippen LogP contribution < -0.4 is 0 Å². The minimum Gasteiger partial charge on any atom is -0.444 e. The lowest BCUT2D eigenvalue weighted by Gasteiger charge is -1.99. The number of nitrogens with zero attached hydrogens (tertiary/aromatic N) is 1. The quantitative estimate of drug-likeness (QED) is 0.555. The first-order chi connectivity index (χ1) is 10.0. The summed E-state index contributed by atoms with van der Waals surface area (Å²) in [6.45, 7) is 0. The molecular formula is C14H6BrCl2NO3. The third-order valence-corrected chi connectivity index (χ3v) is 3.94. The van der Waals surface area contributed by atoms with Crippen LogP contribution in [0.1, 0.15) is 11.3 Å². The number of ether oxygens (including phenoxy) is 1. The van der Waals surface area contributed by atoms with E-state index in [-0.39, 0.29) is 11.6 Å². The van der Waals surface area contributed by atoms with Gasteiger partial charge in [-0.05, 0) is 45.8 Å². The number of esters is 1. The van der Waals surface area contributed by atoms with E-state index < -0.39 is 5.97 Å². The van der Waals surface area contributed by atoms with Crippen LogP contribution in [0.3, 0.4) is 0 Å². The number of aliphatic imine (C=N–C) groups is 1. The Hall–Kier alpha value is -1.56. The Kier molecular flexibility index (Phi) is 3.89. The van der Waals surface area contributed by atoms with Gasteiger partial charge in [0.15, 0.2) is 16.1 Å². The Balaban J connectivity index is 1.98. The van der Waals surface area contributed by atoms with Gasteiger partial charge in [0.25, 0.3) is 5.90 Å². The molecule has 0 amide bonds. The second kappa shape index (κ2) is 5.67. The van der Waals surface area contributed by atoms with Crippen LogP contribution in [0.15, 0.2) is 50.1 Å². The van der Waals surface area contributed by atoms with Crippen molar-refractivity contribution in [1.82, 2.24) is 0 Å². The Bertz CT molecular complexity index is 795. The molecule has 4 nitrogen and oxygen atoms in total. The van der Waals surface area contributed by atoms with Crippen LogP contribution in [-0.2, 0) is 9.53 Å². The average molecular weight is 387 g/mol. The second-order valence-corrected chi connectivity index (χ2v) is 5.65. The molecule has 7 heteroatoms. The Labute approximate surface area is 138 Å². The first kappa shape index (κ1) is 14.4. The first-order valence-electron chi connectivity index (χ1n) is 5.77. The van der Waals surface area contributed by atoms with Gasteiger partial charge in [-0.3, -0.25) is 0 Å². The van der Waals surface area contributed by atoms with Gasteiger partial charge in [-0.25, -0.2) is 9.79 Å². The number of hydrogen-bond donors (Lipinski definition) is 0. The summed E-state index contributed by atoms with van der Waals surface area (Å²) >= 11 is 15.2. The number of cyclic esters (lactones) is 1. The van der Waals surface area contributed by atoms with Gasteiger partial charge in [0.1, 0.15) is 0 Å². The molecule has 21 heavy (non-hydrogen) atoms. The molecule has 1 aromatic carbocycles. The summed E-state index contributed by atoms with van der Waals surface area (Å²) in [4.78, 5) is 15.9. The molecule has 3 rings (SSSR count). The summed E-state index contributed by atoms with van der Waals surface area (Å²) in [5, 5.41) is 0.750. The Morgan fingerprint density at radius 3 is 2.71 bits per heavy atom. The van der Waals surface area contributed by atoms with Crippen molar-refractivity contribution in [1.29, 1.82) is 0 Å². The third kappa shape index (κ3) is 2.90. The highest BCUT2D eigenvalue weighted by Crippen LogP contribution is 2.29. The molecule has 1 aromatic heterocycles. The second-order valence-electron chi connectivity index (χ2n) is 4.08. The van der Waals surface area contributed by atoms with Gasteiger partial charge in [-0.1, -0.05) is 35.3 Å². The number of carbonyl (C=O) groups is 1. The molecule has 106 valence electrons. The molecule has 1 aliphatic rings. The van der Waals surface area contributed by atoms with Gasteiger partial charge in [0, 0.05) is 0 Å². The normalized spacial score (nSPS) is 16.2. The minimum atomic E-state index is -0.575. The SMILES string of the molecule is O=C1OC(c2ccc(Br)o2)=N/C1=C/c1cccc(Cl)c1Cl. The van der Waals surface area contributed by atoms with Crippen molar-refractivity contribution in [2.24, 2.45) is 4.99 Å². The first-order valence-corrected chi connectivity index (χ1v) is 7.32. The molecular weight excluding hydrogens is 381 g/mol. The molecule has 0 fully saturated rings. The minimum absolute atomic E-state index is 0.107. The Morgan fingerprint density at radius 2 is 2.00 bits per heavy atom. The number of hydrogen-bond acceptors (Lipinski definition) is 4. The summed E-state index contributed by atoms with van der Waals surface area (Å²) < 4.78 is 10.9. The Morgan fingerprint density at radius 1 is 1.19 bits per heavy atom. The largest absolute Gasteiger partial charge is 0.444 e. The average Bonchev–Trinajstić information content (AvgIpc) is 3.02. The predicted octanol–water partition coefficient (Wildman–Crippen LogP) is 4.69. The van der Waals surface area contributed by atoms with Crippen molar-refractivity contribution in [3.63, 3.8) is 0 Å². The van der Waals surface area contributed by atoms with E-state index in [4.69, 9.17) is 32.4 Å². The van der Waals surface area contributed by atoms with Crippen LogP contribution in [-0.4, -0.2) is 11.9 Å². The van der Waals surface area contributed by atoms with Crippen molar-refractivity contribution in [2.75, 3.05) is 0 Å². The van der Waals surface area contributed by atoms with E-state index >= 15 is 0 Å². The van der Waals surface area contributed by atoms with Crippen LogP contribution in [0.4, 0.5) is 0 Å². The van der Waals surface area contributed by atoms with Crippen LogP contribution in [0, 0.1) is 0 Å². The lowest BCUT2D eigenvalue weighted by Crippen LogP contribution is -2.04. The zero-order chi connectivity index (χ0) is 15.0. The summed E-state index contributed by atoms with van der Waals surface area (Å²) in [6, 6.07) is 8.45. The lowest BCUT2D eigenvalue weighted by molar-refractivity contribution is -0.130. The zero-order valence-electron chi connectivity index (χ0n) is 10.3. The van der Waals surface area contributed by atoms with E-state index in [0.29, 0.717) is 26.0 Å². The molecule has 0 radical (unpaired) electrons. The molecule has 2 aromatic rings. The van der Waals surface area contributed by atoms with Crippen molar-refractivity contribution >= 4 is 57.1 Å². The van der Waals surface area contributed by atoms with Crippen LogP contribution >= 0.6 is 39.1 Å². The van der Waals surface area contributed by atoms with E-state index in [1.807, 2.05) is 0 Å². The maximum absolute atomic E-state index is 11.8. The predicted molar refractivity (Wildman–Crippen MR) is 83.5 cm³/mol. The van der Waals surface area contributed by atoms with Crippen molar-refractivity contribution in [3.8, 4) is 0 Å². The number of halogens is 3. The molecule has 0 unspecified atom stereocenters. The van der Waals surface area contributed by atoms with Gasteiger partial charge >= 0.3 is 5.97 Å². The van der Waals surface area contributed by atoms with Crippen molar-refractivity contribution in [2.45, 2.75) is 0 Å². The van der Waals surface area contributed by atoms with E-state index in [1.165, 1.54) is 6.08 Å². The highest BCUT2D eigenvalue weighted by Gasteiger charge is 2.26. The van der Waals surface area contributed by atoms with E-state index in [0.717, 1.165) is 0 Å². The van der Waals surface area contributed by atoms with Gasteiger partial charge in [-0.15, -0.1) is 0 Å². The monoisotopic (exact) mass is 385 g/mol. The van der Waals surface area contributed by atoms with E-state index in [9.17, 15) is 4.79 Å². The lowest BCUT2D eigenvalue weighted by atomic mass is 10.2. The van der Waals surface area contributed by atoms with Crippen molar-refractivity contribution in [3.05, 3.63) is 62.1 Å².